The summed E-state index contributed by atoms with van der Waals surface area (Å²) in [5.41, 5.74) is 0.837. The van der Waals surface area contributed by atoms with Crippen LogP contribution in [-0.4, -0.2) is 14.9 Å². The molecule has 1 aromatic heterocycles. The van der Waals surface area contributed by atoms with Crippen LogP contribution in [-0.2, 0) is 7.05 Å². The molecule has 15 heavy (non-hydrogen) atoms. The zero-order valence-electron chi connectivity index (χ0n) is 9.39. The van der Waals surface area contributed by atoms with Crippen LogP contribution in [0, 0.1) is 5.92 Å². The van der Waals surface area contributed by atoms with Gasteiger partial charge in [-0.1, -0.05) is 25.7 Å². The molecule has 1 aromatic rings. The number of aliphatic hydroxyl groups is 1. The van der Waals surface area contributed by atoms with Gasteiger partial charge in [0.15, 0.2) is 0 Å². The SMILES string of the molecule is Cn1ccc(C(O)C2CCCCCC2)n1. The number of hydrogen-bond donors (Lipinski definition) is 1. The third kappa shape index (κ3) is 2.59. The van der Waals surface area contributed by atoms with Crippen molar-refractivity contribution in [3.05, 3.63) is 18.0 Å². The summed E-state index contributed by atoms with van der Waals surface area (Å²) in [6.45, 7) is 0. The van der Waals surface area contributed by atoms with Gasteiger partial charge < -0.3 is 5.11 Å². The van der Waals surface area contributed by atoms with E-state index in [0.717, 1.165) is 18.5 Å². The van der Waals surface area contributed by atoms with Crippen molar-refractivity contribution >= 4 is 0 Å². The van der Waals surface area contributed by atoms with Crippen molar-refractivity contribution in [1.29, 1.82) is 0 Å². The fourth-order valence-electron chi connectivity index (χ4n) is 2.46. The van der Waals surface area contributed by atoms with Gasteiger partial charge in [-0.2, -0.15) is 5.10 Å². The van der Waals surface area contributed by atoms with Crippen molar-refractivity contribution in [2.75, 3.05) is 0 Å². The van der Waals surface area contributed by atoms with Crippen LogP contribution < -0.4 is 0 Å². The quantitative estimate of drug-likeness (QED) is 0.758. The average Bonchev–Trinajstić information content (AvgIpc) is 2.53. The lowest BCUT2D eigenvalue weighted by Crippen LogP contribution is -2.12. The Labute approximate surface area is 91.1 Å². The Bertz CT molecular complexity index is 300. The highest BCUT2D eigenvalue weighted by Crippen LogP contribution is 2.32. The second kappa shape index (κ2) is 4.79. The van der Waals surface area contributed by atoms with Gasteiger partial charge in [0.2, 0.25) is 0 Å². The Morgan fingerprint density at radius 2 is 2.00 bits per heavy atom. The maximum absolute atomic E-state index is 10.2. The fourth-order valence-corrected chi connectivity index (χ4v) is 2.46. The standard InChI is InChI=1S/C12H20N2O/c1-14-9-8-11(13-14)12(15)10-6-4-2-3-5-7-10/h8-10,12,15H,2-7H2,1H3. The summed E-state index contributed by atoms with van der Waals surface area (Å²) < 4.78 is 1.76. The van der Waals surface area contributed by atoms with E-state index in [1.807, 2.05) is 19.3 Å². The molecular weight excluding hydrogens is 188 g/mol. The maximum Gasteiger partial charge on any atom is 0.101 e. The number of hydrogen-bond acceptors (Lipinski definition) is 2. The second-order valence-corrected chi connectivity index (χ2v) is 4.61. The Kier molecular flexibility index (Phi) is 3.41. The molecule has 1 atom stereocenters. The largest absolute Gasteiger partial charge is 0.386 e. The minimum atomic E-state index is -0.357. The van der Waals surface area contributed by atoms with Gasteiger partial charge in [0.1, 0.15) is 6.10 Å². The molecule has 0 saturated heterocycles. The highest BCUT2D eigenvalue weighted by molar-refractivity contribution is 5.04. The van der Waals surface area contributed by atoms with Crippen LogP contribution in [0.2, 0.25) is 0 Å². The number of aromatic nitrogens is 2. The normalized spacial score (nSPS) is 21.2. The van der Waals surface area contributed by atoms with Crippen LogP contribution in [0.15, 0.2) is 12.3 Å². The van der Waals surface area contributed by atoms with Gasteiger partial charge in [-0.3, -0.25) is 4.68 Å². The highest BCUT2D eigenvalue weighted by atomic mass is 16.3. The maximum atomic E-state index is 10.2. The molecular formula is C12H20N2O. The molecule has 0 aromatic carbocycles. The lowest BCUT2D eigenvalue weighted by Gasteiger charge is -2.19. The summed E-state index contributed by atoms with van der Waals surface area (Å²) in [7, 11) is 1.89. The predicted molar refractivity (Wildman–Crippen MR) is 59.4 cm³/mol. The summed E-state index contributed by atoms with van der Waals surface area (Å²) in [5.74, 6) is 0.419. The monoisotopic (exact) mass is 208 g/mol. The van der Waals surface area contributed by atoms with E-state index in [1.54, 1.807) is 4.68 Å². The van der Waals surface area contributed by atoms with E-state index in [1.165, 1.54) is 25.7 Å². The molecule has 1 unspecified atom stereocenters. The minimum Gasteiger partial charge on any atom is -0.386 e. The molecule has 0 amide bonds. The zero-order chi connectivity index (χ0) is 10.7. The summed E-state index contributed by atoms with van der Waals surface area (Å²) >= 11 is 0. The molecule has 3 heteroatoms. The number of rotatable bonds is 2. The molecule has 84 valence electrons. The Morgan fingerprint density at radius 1 is 1.33 bits per heavy atom. The fraction of sp³-hybridized carbons (Fsp3) is 0.750. The van der Waals surface area contributed by atoms with E-state index in [4.69, 9.17) is 0 Å². The highest BCUT2D eigenvalue weighted by Gasteiger charge is 2.23. The Hall–Kier alpha value is -0.830. The van der Waals surface area contributed by atoms with Gasteiger partial charge in [-0.25, -0.2) is 0 Å². The van der Waals surface area contributed by atoms with Gasteiger partial charge in [0.25, 0.3) is 0 Å². The molecule has 2 rings (SSSR count). The van der Waals surface area contributed by atoms with Gasteiger partial charge in [0.05, 0.1) is 5.69 Å². The topological polar surface area (TPSA) is 38.0 Å². The third-order valence-corrected chi connectivity index (χ3v) is 3.38. The van der Waals surface area contributed by atoms with Crippen molar-refractivity contribution < 1.29 is 5.11 Å². The average molecular weight is 208 g/mol. The van der Waals surface area contributed by atoms with Crippen LogP contribution in [0.4, 0.5) is 0 Å². The molecule has 1 saturated carbocycles. The third-order valence-electron chi connectivity index (χ3n) is 3.38. The smallest absolute Gasteiger partial charge is 0.101 e. The molecule has 1 heterocycles. The van der Waals surface area contributed by atoms with Crippen molar-refractivity contribution in [3.8, 4) is 0 Å². The van der Waals surface area contributed by atoms with Crippen molar-refractivity contribution in [2.45, 2.75) is 44.6 Å². The van der Waals surface area contributed by atoms with E-state index in [9.17, 15) is 5.11 Å². The van der Waals surface area contributed by atoms with Crippen molar-refractivity contribution in [1.82, 2.24) is 9.78 Å². The predicted octanol–water partition coefficient (Wildman–Crippen LogP) is 2.42. The van der Waals surface area contributed by atoms with E-state index >= 15 is 0 Å². The Morgan fingerprint density at radius 3 is 2.53 bits per heavy atom. The summed E-state index contributed by atoms with van der Waals surface area (Å²) in [6.07, 6.45) is 9.01. The number of nitrogens with zero attached hydrogens (tertiary/aromatic N) is 2. The van der Waals surface area contributed by atoms with E-state index in [2.05, 4.69) is 5.10 Å². The molecule has 1 N–H and O–H groups in total. The molecule has 3 nitrogen and oxygen atoms in total. The molecule has 0 radical (unpaired) electrons. The van der Waals surface area contributed by atoms with E-state index in [0.29, 0.717) is 5.92 Å². The summed E-state index contributed by atoms with van der Waals surface area (Å²) in [6, 6.07) is 1.93. The molecule has 1 aliphatic carbocycles. The van der Waals surface area contributed by atoms with Crippen LogP contribution in [0.5, 0.6) is 0 Å². The van der Waals surface area contributed by atoms with Gasteiger partial charge in [-0.15, -0.1) is 0 Å². The molecule has 0 aliphatic heterocycles. The van der Waals surface area contributed by atoms with Crippen molar-refractivity contribution in [3.63, 3.8) is 0 Å². The number of aryl methyl sites for hydroxylation is 1. The molecule has 0 spiro atoms. The first kappa shape index (κ1) is 10.7. The first-order valence-electron chi connectivity index (χ1n) is 5.95. The summed E-state index contributed by atoms with van der Waals surface area (Å²) in [4.78, 5) is 0. The van der Waals surface area contributed by atoms with Gasteiger partial charge in [0, 0.05) is 13.2 Å². The summed E-state index contributed by atoms with van der Waals surface area (Å²) in [5, 5.41) is 14.5. The van der Waals surface area contributed by atoms with Gasteiger partial charge in [-0.05, 0) is 24.8 Å². The second-order valence-electron chi connectivity index (χ2n) is 4.61. The zero-order valence-corrected chi connectivity index (χ0v) is 9.39. The van der Waals surface area contributed by atoms with E-state index < -0.39 is 0 Å². The Balaban J connectivity index is 2.02. The molecule has 0 bridgehead atoms. The molecule has 1 aliphatic rings. The van der Waals surface area contributed by atoms with Crippen LogP contribution >= 0.6 is 0 Å². The number of aliphatic hydroxyl groups excluding tert-OH is 1. The first-order chi connectivity index (χ1) is 7.27. The lowest BCUT2D eigenvalue weighted by atomic mass is 9.92. The molecule has 1 fully saturated rings. The lowest BCUT2D eigenvalue weighted by molar-refractivity contribution is 0.0942. The van der Waals surface area contributed by atoms with Gasteiger partial charge >= 0.3 is 0 Å². The minimum absolute atomic E-state index is 0.357. The van der Waals surface area contributed by atoms with Crippen LogP contribution in [0.3, 0.4) is 0 Å². The van der Waals surface area contributed by atoms with Crippen molar-refractivity contribution in [2.24, 2.45) is 13.0 Å². The first-order valence-corrected chi connectivity index (χ1v) is 5.95. The van der Waals surface area contributed by atoms with Crippen LogP contribution in [0.1, 0.15) is 50.3 Å². The van der Waals surface area contributed by atoms with Crippen LogP contribution in [0.25, 0.3) is 0 Å². The van der Waals surface area contributed by atoms with E-state index in [-0.39, 0.29) is 6.10 Å².